The van der Waals surface area contributed by atoms with Gasteiger partial charge in [0.1, 0.15) is 12.0 Å². The van der Waals surface area contributed by atoms with Crippen LogP contribution in [0.4, 0.5) is 0 Å². The maximum atomic E-state index is 10.6. The molecule has 2 aromatic rings. The maximum Gasteiger partial charge on any atom is 0.150 e. The van der Waals surface area contributed by atoms with Gasteiger partial charge in [0.05, 0.1) is 11.6 Å². The standard InChI is InChI=1S/C14H11BrO2/c1-17-14-8-12(6-7-13(14)15)11-4-2-10(9-16)3-5-11/h2-9H,1H3. The van der Waals surface area contributed by atoms with Gasteiger partial charge in [-0.3, -0.25) is 4.79 Å². The summed E-state index contributed by atoms with van der Waals surface area (Å²) in [5.41, 5.74) is 2.79. The van der Waals surface area contributed by atoms with Gasteiger partial charge in [0.2, 0.25) is 0 Å². The second-order valence-corrected chi connectivity index (χ2v) is 4.44. The van der Waals surface area contributed by atoms with Crippen LogP contribution in [0.2, 0.25) is 0 Å². The first kappa shape index (κ1) is 11.9. The lowest BCUT2D eigenvalue weighted by Crippen LogP contribution is -1.86. The molecule has 2 nitrogen and oxygen atoms in total. The molecule has 2 rings (SSSR count). The van der Waals surface area contributed by atoms with Crippen molar-refractivity contribution in [1.82, 2.24) is 0 Å². The van der Waals surface area contributed by atoms with Crippen LogP contribution in [0.3, 0.4) is 0 Å². The fourth-order valence-electron chi connectivity index (χ4n) is 1.59. The minimum atomic E-state index is 0.679. The molecule has 0 amide bonds. The number of carbonyl (C=O) groups is 1. The third-order valence-corrected chi connectivity index (χ3v) is 3.19. The maximum absolute atomic E-state index is 10.6. The number of aldehydes is 1. The summed E-state index contributed by atoms with van der Waals surface area (Å²) < 4.78 is 6.17. The first-order chi connectivity index (χ1) is 8.24. The molecule has 17 heavy (non-hydrogen) atoms. The van der Waals surface area contributed by atoms with Crippen molar-refractivity contribution in [3.8, 4) is 16.9 Å². The summed E-state index contributed by atoms with van der Waals surface area (Å²) in [6.07, 6.45) is 0.839. The lowest BCUT2D eigenvalue weighted by Gasteiger charge is -2.07. The van der Waals surface area contributed by atoms with Crippen LogP contribution in [0.1, 0.15) is 10.4 Å². The topological polar surface area (TPSA) is 26.3 Å². The van der Waals surface area contributed by atoms with Gasteiger partial charge in [-0.05, 0) is 39.2 Å². The second-order valence-electron chi connectivity index (χ2n) is 3.59. The van der Waals surface area contributed by atoms with E-state index in [1.807, 2.05) is 30.3 Å². The highest BCUT2D eigenvalue weighted by Crippen LogP contribution is 2.30. The highest BCUT2D eigenvalue weighted by atomic mass is 79.9. The molecule has 0 bridgehead atoms. The van der Waals surface area contributed by atoms with E-state index in [1.54, 1.807) is 19.2 Å². The van der Waals surface area contributed by atoms with Crippen molar-refractivity contribution in [2.45, 2.75) is 0 Å². The molecule has 0 aromatic heterocycles. The molecule has 0 aliphatic rings. The minimum absolute atomic E-state index is 0.679. The SMILES string of the molecule is COc1cc(-c2ccc(C=O)cc2)ccc1Br. The van der Waals surface area contributed by atoms with E-state index in [9.17, 15) is 4.79 Å². The van der Waals surface area contributed by atoms with Crippen molar-refractivity contribution < 1.29 is 9.53 Å². The van der Waals surface area contributed by atoms with E-state index < -0.39 is 0 Å². The smallest absolute Gasteiger partial charge is 0.150 e. The van der Waals surface area contributed by atoms with Crippen molar-refractivity contribution in [1.29, 1.82) is 0 Å². The molecule has 0 spiro atoms. The molecule has 0 saturated carbocycles. The number of methoxy groups -OCH3 is 1. The van der Waals surface area contributed by atoms with Crippen LogP contribution < -0.4 is 4.74 Å². The van der Waals surface area contributed by atoms with E-state index in [0.29, 0.717) is 5.56 Å². The monoisotopic (exact) mass is 290 g/mol. The molecule has 0 fully saturated rings. The Bertz CT molecular complexity index is 532. The van der Waals surface area contributed by atoms with Gasteiger partial charge in [-0.1, -0.05) is 30.3 Å². The highest BCUT2D eigenvalue weighted by Gasteiger charge is 2.03. The molecule has 0 unspecified atom stereocenters. The van der Waals surface area contributed by atoms with E-state index in [2.05, 4.69) is 15.9 Å². The van der Waals surface area contributed by atoms with Crippen LogP contribution in [-0.2, 0) is 0 Å². The summed E-state index contributed by atoms with van der Waals surface area (Å²) in [6.45, 7) is 0. The highest BCUT2D eigenvalue weighted by molar-refractivity contribution is 9.10. The molecule has 0 aliphatic carbocycles. The Morgan fingerprint density at radius 3 is 2.29 bits per heavy atom. The Kier molecular flexibility index (Phi) is 3.59. The fourth-order valence-corrected chi connectivity index (χ4v) is 2.00. The number of ether oxygens (including phenoxy) is 1. The Morgan fingerprint density at radius 2 is 1.71 bits per heavy atom. The largest absolute Gasteiger partial charge is 0.496 e. The fraction of sp³-hybridized carbons (Fsp3) is 0.0714. The van der Waals surface area contributed by atoms with Crippen LogP contribution in [-0.4, -0.2) is 13.4 Å². The minimum Gasteiger partial charge on any atom is -0.496 e. The molecule has 0 radical (unpaired) electrons. The zero-order chi connectivity index (χ0) is 12.3. The number of hydrogen-bond acceptors (Lipinski definition) is 2. The summed E-state index contributed by atoms with van der Waals surface area (Å²) in [5, 5.41) is 0. The molecule has 86 valence electrons. The number of rotatable bonds is 3. The van der Waals surface area contributed by atoms with E-state index in [-0.39, 0.29) is 0 Å². The number of benzene rings is 2. The molecule has 0 atom stereocenters. The lowest BCUT2D eigenvalue weighted by atomic mass is 10.0. The summed E-state index contributed by atoms with van der Waals surface area (Å²) in [4.78, 5) is 10.6. The predicted octanol–water partition coefficient (Wildman–Crippen LogP) is 3.94. The summed E-state index contributed by atoms with van der Waals surface area (Å²) in [7, 11) is 1.64. The molecule has 0 saturated heterocycles. The molecule has 0 aliphatic heterocycles. The second kappa shape index (κ2) is 5.15. The van der Waals surface area contributed by atoms with Crippen molar-refractivity contribution in [3.05, 3.63) is 52.5 Å². The van der Waals surface area contributed by atoms with Crippen LogP contribution in [0.25, 0.3) is 11.1 Å². The average Bonchev–Trinajstić information content (AvgIpc) is 2.39. The third kappa shape index (κ3) is 2.56. The Labute approximate surface area is 108 Å². The van der Waals surface area contributed by atoms with E-state index >= 15 is 0 Å². The molecule has 0 N–H and O–H groups in total. The molecular weight excluding hydrogens is 280 g/mol. The van der Waals surface area contributed by atoms with Gasteiger partial charge >= 0.3 is 0 Å². The third-order valence-electron chi connectivity index (χ3n) is 2.53. The van der Waals surface area contributed by atoms with Gasteiger partial charge in [-0.15, -0.1) is 0 Å². The first-order valence-electron chi connectivity index (χ1n) is 5.14. The number of hydrogen-bond donors (Lipinski definition) is 0. The Balaban J connectivity index is 2.41. The van der Waals surface area contributed by atoms with Crippen molar-refractivity contribution >= 4 is 22.2 Å². The zero-order valence-corrected chi connectivity index (χ0v) is 10.9. The van der Waals surface area contributed by atoms with Crippen molar-refractivity contribution in [2.75, 3.05) is 7.11 Å². The van der Waals surface area contributed by atoms with Crippen LogP contribution in [0, 0.1) is 0 Å². The van der Waals surface area contributed by atoms with Gasteiger partial charge in [-0.2, -0.15) is 0 Å². The van der Waals surface area contributed by atoms with Gasteiger partial charge in [0.15, 0.2) is 0 Å². The van der Waals surface area contributed by atoms with Gasteiger partial charge in [0, 0.05) is 5.56 Å². The Morgan fingerprint density at radius 1 is 1.06 bits per heavy atom. The molecular formula is C14H11BrO2. The van der Waals surface area contributed by atoms with E-state index in [1.165, 1.54) is 0 Å². The zero-order valence-electron chi connectivity index (χ0n) is 9.31. The Hall–Kier alpha value is -1.61. The van der Waals surface area contributed by atoms with Crippen LogP contribution in [0.15, 0.2) is 46.9 Å². The van der Waals surface area contributed by atoms with Crippen LogP contribution >= 0.6 is 15.9 Å². The average molecular weight is 291 g/mol. The summed E-state index contributed by atoms with van der Waals surface area (Å²) >= 11 is 3.41. The van der Waals surface area contributed by atoms with Crippen molar-refractivity contribution in [3.63, 3.8) is 0 Å². The first-order valence-corrected chi connectivity index (χ1v) is 5.93. The summed E-state index contributed by atoms with van der Waals surface area (Å²) in [5.74, 6) is 0.793. The molecule has 2 aromatic carbocycles. The van der Waals surface area contributed by atoms with Crippen LogP contribution in [0.5, 0.6) is 5.75 Å². The number of carbonyl (C=O) groups excluding carboxylic acids is 1. The van der Waals surface area contributed by atoms with Gasteiger partial charge < -0.3 is 4.74 Å². The molecule has 0 heterocycles. The summed E-state index contributed by atoms with van der Waals surface area (Å²) in [6, 6.07) is 13.4. The normalized spacial score (nSPS) is 10.0. The van der Waals surface area contributed by atoms with Gasteiger partial charge in [0.25, 0.3) is 0 Å². The molecule has 3 heteroatoms. The number of halogens is 1. The van der Waals surface area contributed by atoms with E-state index in [4.69, 9.17) is 4.74 Å². The lowest BCUT2D eigenvalue weighted by molar-refractivity contribution is 0.112. The predicted molar refractivity (Wildman–Crippen MR) is 71.5 cm³/mol. The van der Waals surface area contributed by atoms with E-state index in [0.717, 1.165) is 27.6 Å². The quantitative estimate of drug-likeness (QED) is 0.801. The van der Waals surface area contributed by atoms with Crippen molar-refractivity contribution in [2.24, 2.45) is 0 Å². The van der Waals surface area contributed by atoms with Gasteiger partial charge in [-0.25, -0.2) is 0 Å².